The lowest BCUT2D eigenvalue weighted by atomic mass is 10.0. The molecule has 0 spiro atoms. The lowest BCUT2D eigenvalue weighted by Gasteiger charge is -2.10. The number of urea groups is 1. The van der Waals surface area contributed by atoms with Crippen LogP contribution in [-0.2, 0) is 0 Å². The first-order valence-electron chi connectivity index (χ1n) is 8.50. The number of phenols is 1. The van der Waals surface area contributed by atoms with Crippen molar-refractivity contribution in [2.75, 3.05) is 32.5 Å². The number of fused-ring (bicyclic) bond motifs is 1. The van der Waals surface area contributed by atoms with Crippen molar-refractivity contribution in [2.24, 2.45) is 0 Å². The van der Waals surface area contributed by atoms with E-state index in [0.29, 0.717) is 12.4 Å². The molecule has 26 heavy (non-hydrogen) atoms. The topological polar surface area (TPSA) is 93.3 Å². The second-order valence-corrected chi connectivity index (χ2v) is 6.42. The van der Waals surface area contributed by atoms with Crippen molar-refractivity contribution in [3.63, 3.8) is 0 Å². The number of hydrogen-bond acceptors (Lipinski definition) is 4. The predicted molar refractivity (Wildman–Crippen MR) is 103 cm³/mol. The number of H-pyrrole nitrogens is 1. The van der Waals surface area contributed by atoms with Crippen LogP contribution in [0.3, 0.4) is 0 Å². The Bertz CT molecular complexity index is 887. The molecule has 0 atom stereocenters. The van der Waals surface area contributed by atoms with E-state index >= 15 is 0 Å². The van der Waals surface area contributed by atoms with Gasteiger partial charge in [-0.05, 0) is 62.5 Å². The van der Waals surface area contributed by atoms with Gasteiger partial charge in [-0.1, -0.05) is 18.2 Å². The van der Waals surface area contributed by atoms with Gasteiger partial charge in [-0.2, -0.15) is 5.10 Å². The molecule has 0 aliphatic rings. The molecule has 0 unspecified atom stereocenters. The van der Waals surface area contributed by atoms with Crippen molar-refractivity contribution in [2.45, 2.75) is 6.42 Å². The fraction of sp³-hybridized carbons (Fsp3) is 0.263. The van der Waals surface area contributed by atoms with Gasteiger partial charge in [0.25, 0.3) is 0 Å². The number of nitrogens with zero attached hydrogens (tertiary/aromatic N) is 2. The maximum Gasteiger partial charge on any atom is 0.320 e. The minimum absolute atomic E-state index is 0.236. The number of carbonyl (C=O) groups is 1. The zero-order chi connectivity index (χ0) is 18.5. The average molecular weight is 353 g/mol. The summed E-state index contributed by atoms with van der Waals surface area (Å²) in [6.07, 6.45) is 0.887. The molecule has 4 N–H and O–H groups in total. The molecule has 0 fully saturated rings. The molecule has 1 heterocycles. The first-order valence-corrected chi connectivity index (χ1v) is 8.50. The van der Waals surface area contributed by atoms with Crippen LogP contribution in [0, 0.1) is 0 Å². The standard InChI is InChI=1S/C19H23N5O2/c1-24(2)11-3-10-20-19(26)21-18-16-9-6-14(12-17(16)22-23-18)13-4-7-15(25)8-5-13/h4-9,12,25H,3,10-11H2,1-2H3,(H3,20,21,22,23,26). The highest BCUT2D eigenvalue weighted by Gasteiger charge is 2.10. The number of rotatable bonds is 6. The van der Waals surface area contributed by atoms with Gasteiger partial charge in [-0.25, -0.2) is 4.79 Å². The molecule has 0 aliphatic heterocycles. The van der Waals surface area contributed by atoms with E-state index < -0.39 is 0 Å². The van der Waals surface area contributed by atoms with Gasteiger partial charge in [-0.15, -0.1) is 0 Å². The third-order valence-corrected chi connectivity index (χ3v) is 4.06. The number of aromatic hydroxyl groups is 1. The van der Waals surface area contributed by atoms with Crippen LogP contribution < -0.4 is 10.6 Å². The van der Waals surface area contributed by atoms with Gasteiger partial charge < -0.3 is 15.3 Å². The Morgan fingerprint density at radius 2 is 1.88 bits per heavy atom. The van der Waals surface area contributed by atoms with Gasteiger partial charge in [0, 0.05) is 11.9 Å². The Labute approximate surface area is 152 Å². The summed E-state index contributed by atoms with van der Waals surface area (Å²) in [7, 11) is 4.00. The van der Waals surface area contributed by atoms with Gasteiger partial charge in [0.15, 0.2) is 5.82 Å². The van der Waals surface area contributed by atoms with E-state index in [1.54, 1.807) is 12.1 Å². The number of aromatic amines is 1. The molecule has 0 aliphatic carbocycles. The Balaban J connectivity index is 1.67. The van der Waals surface area contributed by atoms with E-state index in [1.165, 1.54) is 0 Å². The number of phenolic OH excluding ortho intramolecular Hbond substituents is 1. The van der Waals surface area contributed by atoms with E-state index in [2.05, 4.69) is 25.7 Å². The lowest BCUT2D eigenvalue weighted by Crippen LogP contribution is -2.31. The van der Waals surface area contributed by atoms with Gasteiger partial charge in [0.1, 0.15) is 5.75 Å². The summed E-state index contributed by atoms with van der Waals surface area (Å²) < 4.78 is 0. The lowest BCUT2D eigenvalue weighted by molar-refractivity contribution is 0.251. The van der Waals surface area contributed by atoms with Crippen LogP contribution in [0.4, 0.5) is 10.6 Å². The van der Waals surface area contributed by atoms with Gasteiger partial charge in [-0.3, -0.25) is 10.4 Å². The molecule has 7 nitrogen and oxygen atoms in total. The number of anilines is 1. The maximum absolute atomic E-state index is 12.0. The third-order valence-electron chi connectivity index (χ3n) is 4.06. The fourth-order valence-electron chi connectivity index (χ4n) is 2.70. The van der Waals surface area contributed by atoms with E-state index in [4.69, 9.17) is 0 Å². The normalized spacial score (nSPS) is 11.0. The maximum atomic E-state index is 12.0. The minimum Gasteiger partial charge on any atom is -0.508 e. The highest BCUT2D eigenvalue weighted by Crippen LogP contribution is 2.27. The summed E-state index contributed by atoms with van der Waals surface area (Å²) in [6.45, 7) is 1.53. The van der Waals surface area contributed by atoms with Crippen LogP contribution in [0.1, 0.15) is 6.42 Å². The quantitative estimate of drug-likeness (QED) is 0.513. The Morgan fingerprint density at radius 1 is 1.15 bits per heavy atom. The number of nitrogens with one attached hydrogen (secondary N) is 3. The molecule has 0 saturated carbocycles. The molecule has 136 valence electrons. The van der Waals surface area contributed by atoms with Crippen LogP contribution in [-0.4, -0.2) is 53.4 Å². The highest BCUT2D eigenvalue weighted by atomic mass is 16.3. The zero-order valence-corrected chi connectivity index (χ0v) is 14.9. The van der Waals surface area contributed by atoms with Crippen LogP contribution in [0.25, 0.3) is 22.0 Å². The molecule has 2 amide bonds. The van der Waals surface area contributed by atoms with Crippen molar-refractivity contribution in [3.05, 3.63) is 42.5 Å². The Kier molecular flexibility index (Phi) is 5.38. The number of hydrogen-bond donors (Lipinski definition) is 4. The van der Waals surface area contributed by atoms with Crippen LogP contribution in [0.5, 0.6) is 5.75 Å². The molecule has 0 saturated heterocycles. The number of benzene rings is 2. The average Bonchev–Trinajstić information content (AvgIpc) is 3.01. The summed E-state index contributed by atoms with van der Waals surface area (Å²) in [5.74, 6) is 0.738. The molecule has 7 heteroatoms. The smallest absolute Gasteiger partial charge is 0.320 e. The van der Waals surface area contributed by atoms with Crippen molar-refractivity contribution in [1.29, 1.82) is 0 Å². The largest absolute Gasteiger partial charge is 0.508 e. The summed E-state index contributed by atoms with van der Waals surface area (Å²) >= 11 is 0. The second-order valence-electron chi connectivity index (χ2n) is 6.42. The van der Waals surface area contributed by atoms with E-state index in [9.17, 15) is 9.90 Å². The SMILES string of the molecule is CN(C)CCCNC(=O)Nc1n[nH]c2cc(-c3ccc(O)cc3)ccc12. The fourth-order valence-corrected chi connectivity index (χ4v) is 2.70. The van der Waals surface area contributed by atoms with Crippen LogP contribution in [0.15, 0.2) is 42.5 Å². The van der Waals surface area contributed by atoms with E-state index in [0.717, 1.165) is 35.0 Å². The number of aromatic nitrogens is 2. The summed E-state index contributed by atoms with van der Waals surface area (Å²) in [5, 5.41) is 23.0. The molecule has 2 aromatic carbocycles. The predicted octanol–water partition coefficient (Wildman–Crippen LogP) is 3.01. The van der Waals surface area contributed by atoms with Crippen molar-refractivity contribution in [1.82, 2.24) is 20.4 Å². The van der Waals surface area contributed by atoms with Crippen molar-refractivity contribution >= 4 is 22.8 Å². The molecule has 0 bridgehead atoms. The van der Waals surface area contributed by atoms with Crippen molar-refractivity contribution in [3.8, 4) is 16.9 Å². The molecule has 0 radical (unpaired) electrons. The van der Waals surface area contributed by atoms with Crippen LogP contribution in [0.2, 0.25) is 0 Å². The Morgan fingerprint density at radius 3 is 2.62 bits per heavy atom. The summed E-state index contributed by atoms with van der Waals surface area (Å²) in [6, 6.07) is 12.6. The van der Waals surface area contributed by atoms with Gasteiger partial charge in [0.05, 0.1) is 5.52 Å². The zero-order valence-electron chi connectivity index (χ0n) is 14.9. The van der Waals surface area contributed by atoms with Crippen LogP contribution >= 0.6 is 0 Å². The summed E-state index contributed by atoms with van der Waals surface area (Å²) in [5.41, 5.74) is 2.83. The van der Waals surface area contributed by atoms with Gasteiger partial charge in [0.2, 0.25) is 0 Å². The Hall–Kier alpha value is -3.06. The van der Waals surface area contributed by atoms with E-state index in [1.807, 2.05) is 44.4 Å². The molecule has 1 aromatic heterocycles. The first kappa shape index (κ1) is 17.8. The summed E-state index contributed by atoms with van der Waals surface area (Å²) in [4.78, 5) is 14.1. The third kappa shape index (κ3) is 4.31. The number of carbonyl (C=O) groups excluding carboxylic acids is 1. The first-order chi connectivity index (χ1) is 12.5. The molecule has 3 aromatic rings. The second kappa shape index (κ2) is 7.88. The monoisotopic (exact) mass is 353 g/mol. The van der Waals surface area contributed by atoms with Gasteiger partial charge >= 0.3 is 6.03 Å². The molecular formula is C19H23N5O2. The van der Waals surface area contributed by atoms with Crippen molar-refractivity contribution < 1.29 is 9.90 Å². The molecular weight excluding hydrogens is 330 g/mol. The minimum atomic E-state index is -0.264. The van der Waals surface area contributed by atoms with E-state index in [-0.39, 0.29) is 11.8 Å². The number of amides is 2. The highest BCUT2D eigenvalue weighted by molar-refractivity contribution is 6.00. The molecule has 3 rings (SSSR count).